The average Bonchev–Trinajstić information content (AvgIpc) is 2.36. The molecule has 18 heavy (non-hydrogen) atoms. The standard InChI is InChI=1S/C13H21N3O2/c1-4-10(5-2)15-12-9-7-8-11(14-6-3)13(12)16(17)18/h7-10,14-15H,4-6H2,1-3H3. The summed E-state index contributed by atoms with van der Waals surface area (Å²) in [6.07, 6.45) is 1.89. The second kappa shape index (κ2) is 6.83. The van der Waals surface area contributed by atoms with Crippen LogP contribution in [0.3, 0.4) is 0 Å². The highest BCUT2D eigenvalue weighted by Crippen LogP contribution is 2.33. The molecule has 0 radical (unpaired) electrons. The van der Waals surface area contributed by atoms with Crippen molar-refractivity contribution < 1.29 is 4.92 Å². The summed E-state index contributed by atoms with van der Waals surface area (Å²) < 4.78 is 0. The number of nitrogens with one attached hydrogen (secondary N) is 2. The van der Waals surface area contributed by atoms with Gasteiger partial charge < -0.3 is 10.6 Å². The molecule has 0 heterocycles. The summed E-state index contributed by atoms with van der Waals surface area (Å²) >= 11 is 0. The second-order valence-corrected chi connectivity index (χ2v) is 4.15. The summed E-state index contributed by atoms with van der Waals surface area (Å²) in [5.74, 6) is 0. The van der Waals surface area contributed by atoms with Gasteiger partial charge in [-0.1, -0.05) is 19.9 Å². The molecule has 0 saturated carbocycles. The van der Waals surface area contributed by atoms with Crippen molar-refractivity contribution in [3.8, 4) is 0 Å². The molecule has 2 N–H and O–H groups in total. The maximum absolute atomic E-state index is 11.2. The van der Waals surface area contributed by atoms with Crippen LogP contribution in [-0.4, -0.2) is 17.5 Å². The van der Waals surface area contributed by atoms with E-state index in [0.29, 0.717) is 17.9 Å². The Balaban J connectivity index is 3.09. The van der Waals surface area contributed by atoms with E-state index in [1.165, 1.54) is 0 Å². The monoisotopic (exact) mass is 251 g/mol. The van der Waals surface area contributed by atoms with Gasteiger partial charge >= 0.3 is 5.69 Å². The molecule has 0 aromatic heterocycles. The first-order valence-corrected chi connectivity index (χ1v) is 6.41. The molecular formula is C13H21N3O2. The van der Waals surface area contributed by atoms with Gasteiger partial charge in [-0.25, -0.2) is 0 Å². The van der Waals surface area contributed by atoms with Crippen LogP contribution in [0, 0.1) is 10.1 Å². The first-order valence-electron chi connectivity index (χ1n) is 6.41. The SMILES string of the molecule is CCNc1cccc(NC(CC)CC)c1[N+](=O)[O-]. The van der Waals surface area contributed by atoms with Crippen LogP contribution in [0.15, 0.2) is 18.2 Å². The fourth-order valence-corrected chi connectivity index (χ4v) is 1.90. The molecule has 0 aliphatic carbocycles. The van der Waals surface area contributed by atoms with E-state index in [1.807, 2.05) is 13.0 Å². The molecule has 0 bridgehead atoms. The number of hydrogen-bond donors (Lipinski definition) is 2. The number of nitro benzene ring substituents is 1. The molecule has 0 aliphatic rings. The van der Waals surface area contributed by atoms with Crippen molar-refractivity contribution in [2.75, 3.05) is 17.2 Å². The van der Waals surface area contributed by atoms with Crippen molar-refractivity contribution in [3.63, 3.8) is 0 Å². The van der Waals surface area contributed by atoms with Gasteiger partial charge in [-0.3, -0.25) is 10.1 Å². The van der Waals surface area contributed by atoms with Crippen LogP contribution < -0.4 is 10.6 Å². The molecule has 1 aromatic carbocycles. The van der Waals surface area contributed by atoms with Crippen LogP contribution in [-0.2, 0) is 0 Å². The quantitative estimate of drug-likeness (QED) is 0.573. The van der Waals surface area contributed by atoms with Crippen molar-refractivity contribution in [1.29, 1.82) is 0 Å². The third-order valence-corrected chi connectivity index (χ3v) is 2.93. The van der Waals surface area contributed by atoms with Gasteiger partial charge in [0.2, 0.25) is 0 Å². The largest absolute Gasteiger partial charge is 0.380 e. The van der Waals surface area contributed by atoms with Gasteiger partial charge in [-0.2, -0.15) is 0 Å². The highest BCUT2D eigenvalue weighted by Gasteiger charge is 2.20. The molecule has 0 amide bonds. The zero-order chi connectivity index (χ0) is 13.5. The van der Waals surface area contributed by atoms with E-state index < -0.39 is 0 Å². The Bertz CT molecular complexity index is 403. The lowest BCUT2D eigenvalue weighted by Crippen LogP contribution is -2.18. The number of rotatable bonds is 7. The number of nitrogens with zero attached hydrogens (tertiary/aromatic N) is 1. The van der Waals surface area contributed by atoms with E-state index in [-0.39, 0.29) is 16.7 Å². The third kappa shape index (κ3) is 3.35. The molecule has 0 atom stereocenters. The van der Waals surface area contributed by atoms with Crippen molar-refractivity contribution >= 4 is 17.1 Å². The summed E-state index contributed by atoms with van der Waals surface area (Å²) in [6.45, 7) is 6.72. The Morgan fingerprint density at radius 2 is 1.83 bits per heavy atom. The Morgan fingerprint density at radius 3 is 2.33 bits per heavy atom. The van der Waals surface area contributed by atoms with E-state index in [4.69, 9.17) is 0 Å². The lowest BCUT2D eigenvalue weighted by Gasteiger charge is -2.17. The van der Waals surface area contributed by atoms with Crippen LogP contribution in [0.5, 0.6) is 0 Å². The van der Waals surface area contributed by atoms with Gasteiger partial charge in [-0.05, 0) is 31.9 Å². The molecule has 0 aliphatic heterocycles. The van der Waals surface area contributed by atoms with Gasteiger partial charge in [0, 0.05) is 12.6 Å². The van der Waals surface area contributed by atoms with Crippen molar-refractivity contribution in [2.45, 2.75) is 39.7 Å². The van der Waals surface area contributed by atoms with E-state index in [0.717, 1.165) is 12.8 Å². The van der Waals surface area contributed by atoms with E-state index in [2.05, 4.69) is 24.5 Å². The van der Waals surface area contributed by atoms with E-state index >= 15 is 0 Å². The molecule has 0 spiro atoms. The van der Waals surface area contributed by atoms with Crippen LogP contribution in [0.2, 0.25) is 0 Å². The minimum absolute atomic E-state index is 0.131. The predicted molar refractivity (Wildman–Crippen MR) is 75.3 cm³/mol. The number of para-hydroxylation sites is 1. The summed E-state index contributed by atoms with van der Waals surface area (Å²) in [5.41, 5.74) is 1.29. The van der Waals surface area contributed by atoms with Crippen molar-refractivity contribution in [3.05, 3.63) is 28.3 Å². The highest BCUT2D eigenvalue weighted by molar-refractivity contribution is 5.76. The fraction of sp³-hybridized carbons (Fsp3) is 0.538. The molecule has 0 saturated heterocycles. The zero-order valence-corrected chi connectivity index (χ0v) is 11.2. The summed E-state index contributed by atoms with van der Waals surface area (Å²) in [7, 11) is 0. The van der Waals surface area contributed by atoms with Crippen LogP contribution in [0.4, 0.5) is 17.1 Å². The lowest BCUT2D eigenvalue weighted by molar-refractivity contribution is -0.383. The number of anilines is 2. The first-order chi connectivity index (χ1) is 8.63. The second-order valence-electron chi connectivity index (χ2n) is 4.15. The van der Waals surface area contributed by atoms with Crippen LogP contribution >= 0.6 is 0 Å². The Morgan fingerprint density at radius 1 is 1.22 bits per heavy atom. The van der Waals surface area contributed by atoms with Gasteiger partial charge in [0.1, 0.15) is 11.4 Å². The Labute approximate surface area is 108 Å². The Hall–Kier alpha value is -1.78. The molecule has 100 valence electrons. The smallest absolute Gasteiger partial charge is 0.315 e. The van der Waals surface area contributed by atoms with Crippen LogP contribution in [0.25, 0.3) is 0 Å². The maximum Gasteiger partial charge on any atom is 0.315 e. The molecule has 5 nitrogen and oxygen atoms in total. The fourth-order valence-electron chi connectivity index (χ4n) is 1.90. The summed E-state index contributed by atoms with van der Waals surface area (Å²) in [4.78, 5) is 10.9. The number of hydrogen-bond acceptors (Lipinski definition) is 4. The first kappa shape index (κ1) is 14.3. The highest BCUT2D eigenvalue weighted by atomic mass is 16.6. The van der Waals surface area contributed by atoms with Crippen molar-refractivity contribution in [2.24, 2.45) is 0 Å². The maximum atomic E-state index is 11.2. The molecule has 0 unspecified atom stereocenters. The molecule has 5 heteroatoms. The number of nitro groups is 1. The van der Waals surface area contributed by atoms with E-state index in [1.54, 1.807) is 12.1 Å². The average molecular weight is 251 g/mol. The normalized spacial score (nSPS) is 10.4. The minimum Gasteiger partial charge on any atom is -0.380 e. The predicted octanol–water partition coefficient (Wildman–Crippen LogP) is 3.63. The zero-order valence-electron chi connectivity index (χ0n) is 11.2. The van der Waals surface area contributed by atoms with Gasteiger partial charge in [0.25, 0.3) is 0 Å². The van der Waals surface area contributed by atoms with Crippen LogP contribution in [0.1, 0.15) is 33.6 Å². The molecular weight excluding hydrogens is 230 g/mol. The van der Waals surface area contributed by atoms with Gasteiger partial charge in [0.05, 0.1) is 4.92 Å². The topological polar surface area (TPSA) is 67.2 Å². The Kier molecular flexibility index (Phi) is 5.42. The summed E-state index contributed by atoms with van der Waals surface area (Å²) in [5, 5.41) is 17.5. The third-order valence-electron chi connectivity index (χ3n) is 2.93. The van der Waals surface area contributed by atoms with E-state index in [9.17, 15) is 10.1 Å². The molecule has 0 fully saturated rings. The van der Waals surface area contributed by atoms with Crippen molar-refractivity contribution in [1.82, 2.24) is 0 Å². The molecule has 1 aromatic rings. The minimum atomic E-state index is -0.331. The van der Waals surface area contributed by atoms with Gasteiger partial charge in [-0.15, -0.1) is 0 Å². The summed E-state index contributed by atoms with van der Waals surface area (Å²) in [6, 6.07) is 5.59. The van der Waals surface area contributed by atoms with Gasteiger partial charge in [0.15, 0.2) is 0 Å². The number of benzene rings is 1. The lowest BCUT2D eigenvalue weighted by atomic mass is 10.1. The molecule has 1 rings (SSSR count).